The van der Waals surface area contributed by atoms with Crippen molar-refractivity contribution in [3.8, 4) is 0 Å². The number of pyridine rings is 1. The van der Waals surface area contributed by atoms with Crippen LogP contribution in [0.3, 0.4) is 0 Å². The largest absolute Gasteiger partial charge is 0.327 e. The summed E-state index contributed by atoms with van der Waals surface area (Å²) in [5.74, 6) is 0.555. The van der Waals surface area contributed by atoms with Crippen molar-refractivity contribution in [1.29, 1.82) is 0 Å². The van der Waals surface area contributed by atoms with E-state index in [0.717, 1.165) is 11.4 Å². The minimum atomic E-state index is -0.120. The van der Waals surface area contributed by atoms with Crippen LogP contribution in [-0.2, 0) is 0 Å². The predicted octanol–water partition coefficient (Wildman–Crippen LogP) is 2.42. The van der Waals surface area contributed by atoms with E-state index in [0.29, 0.717) is 11.4 Å². The molecule has 0 radical (unpaired) electrons. The fourth-order valence-corrected chi connectivity index (χ4v) is 2.02. The van der Waals surface area contributed by atoms with E-state index >= 15 is 0 Å². The quantitative estimate of drug-likeness (QED) is 0.748. The number of anilines is 3. The van der Waals surface area contributed by atoms with Crippen molar-refractivity contribution >= 4 is 23.1 Å². The maximum absolute atomic E-state index is 12.0. The molecule has 84 valence electrons. The average molecular weight is 225 g/mol. The molecule has 17 heavy (non-hydrogen) atoms. The number of fused-ring (bicyclic) bond motifs is 2. The summed E-state index contributed by atoms with van der Waals surface area (Å²) in [4.78, 5) is 18.2. The molecular formula is C13H11N3O. The first-order valence-corrected chi connectivity index (χ1v) is 5.36. The van der Waals surface area contributed by atoms with E-state index in [2.05, 4.69) is 10.3 Å². The van der Waals surface area contributed by atoms with Gasteiger partial charge in [0.2, 0.25) is 0 Å². The van der Waals surface area contributed by atoms with Gasteiger partial charge in [0.1, 0.15) is 5.82 Å². The zero-order valence-corrected chi connectivity index (χ0v) is 9.34. The van der Waals surface area contributed by atoms with Gasteiger partial charge in [-0.3, -0.25) is 4.79 Å². The maximum Gasteiger partial charge on any atom is 0.259 e. The third-order valence-corrected chi connectivity index (χ3v) is 2.86. The summed E-state index contributed by atoms with van der Waals surface area (Å²) in [6, 6.07) is 11.2. The number of amides is 1. The van der Waals surface area contributed by atoms with Crippen molar-refractivity contribution in [3.63, 3.8) is 0 Å². The van der Waals surface area contributed by atoms with Crippen molar-refractivity contribution in [1.82, 2.24) is 4.98 Å². The van der Waals surface area contributed by atoms with Gasteiger partial charge in [-0.25, -0.2) is 4.98 Å². The lowest BCUT2D eigenvalue weighted by Crippen LogP contribution is -2.13. The van der Waals surface area contributed by atoms with Crippen LogP contribution < -0.4 is 10.2 Å². The van der Waals surface area contributed by atoms with Crippen LogP contribution in [-0.4, -0.2) is 17.9 Å². The summed E-state index contributed by atoms with van der Waals surface area (Å²) in [6.07, 6.45) is 1.69. The Bertz CT molecular complexity index is 595. The first-order chi connectivity index (χ1) is 8.27. The van der Waals surface area contributed by atoms with Gasteiger partial charge in [-0.1, -0.05) is 12.1 Å². The highest BCUT2D eigenvalue weighted by atomic mass is 16.1. The first kappa shape index (κ1) is 9.84. The van der Waals surface area contributed by atoms with Gasteiger partial charge in [-0.05, 0) is 24.3 Å². The Labute approximate surface area is 98.9 Å². The van der Waals surface area contributed by atoms with Crippen molar-refractivity contribution in [3.05, 3.63) is 48.2 Å². The highest BCUT2D eigenvalue weighted by Gasteiger charge is 2.22. The Morgan fingerprint density at radius 2 is 2.00 bits per heavy atom. The highest BCUT2D eigenvalue weighted by Crippen LogP contribution is 2.34. The molecular weight excluding hydrogens is 214 g/mol. The fraction of sp³-hybridized carbons (Fsp3) is 0.0769. The monoisotopic (exact) mass is 225 g/mol. The molecule has 2 aromatic rings. The van der Waals surface area contributed by atoms with Gasteiger partial charge in [-0.2, -0.15) is 0 Å². The zero-order valence-electron chi connectivity index (χ0n) is 9.34. The predicted molar refractivity (Wildman–Crippen MR) is 66.7 cm³/mol. The van der Waals surface area contributed by atoms with E-state index in [1.165, 1.54) is 0 Å². The molecule has 0 unspecified atom stereocenters. The number of aromatic nitrogens is 1. The molecule has 1 aliphatic rings. The number of para-hydroxylation sites is 2. The van der Waals surface area contributed by atoms with Crippen molar-refractivity contribution in [2.24, 2.45) is 0 Å². The molecule has 3 rings (SSSR count). The van der Waals surface area contributed by atoms with Gasteiger partial charge >= 0.3 is 0 Å². The number of carbonyl (C=O) groups excluding carboxylic acids is 1. The second kappa shape index (κ2) is 3.59. The molecule has 2 heterocycles. The normalized spacial score (nSPS) is 13.5. The van der Waals surface area contributed by atoms with E-state index < -0.39 is 0 Å². The number of hydrogen-bond donors (Lipinski definition) is 1. The molecule has 1 amide bonds. The van der Waals surface area contributed by atoms with Crippen LogP contribution >= 0.6 is 0 Å². The van der Waals surface area contributed by atoms with Crippen molar-refractivity contribution in [2.45, 2.75) is 0 Å². The number of nitrogens with one attached hydrogen (secondary N) is 1. The SMILES string of the molecule is CN1c2ccccc2NC(=O)c2cccnc21. The van der Waals surface area contributed by atoms with Gasteiger partial charge in [0.25, 0.3) is 5.91 Å². The molecule has 4 nitrogen and oxygen atoms in total. The Balaban J connectivity index is 2.26. The van der Waals surface area contributed by atoms with Crippen LogP contribution in [0.2, 0.25) is 0 Å². The number of rotatable bonds is 0. The molecule has 4 heteroatoms. The molecule has 1 aromatic heterocycles. The standard InChI is InChI=1S/C13H11N3O/c1-16-11-7-3-2-6-10(11)15-13(17)9-5-4-8-14-12(9)16/h2-8H,1H3,(H,15,17). The van der Waals surface area contributed by atoms with E-state index in [-0.39, 0.29) is 5.91 Å². The van der Waals surface area contributed by atoms with Gasteiger partial charge in [0.05, 0.1) is 16.9 Å². The fourth-order valence-electron chi connectivity index (χ4n) is 2.02. The first-order valence-electron chi connectivity index (χ1n) is 5.36. The number of carbonyl (C=O) groups is 1. The number of hydrogen-bond acceptors (Lipinski definition) is 3. The smallest absolute Gasteiger partial charge is 0.259 e. The summed E-state index contributed by atoms with van der Waals surface area (Å²) >= 11 is 0. The van der Waals surface area contributed by atoms with Gasteiger partial charge in [-0.15, -0.1) is 0 Å². The van der Waals surface area contributed by atoms with Crippen LogP contribution in [0, 0.1) is 0 Å². The summed E-state index contributed by atoms with van der Waals surface area (Å²) < 4.78 is 0. The Hall–Kier alpha value is -2.36. The second-order valence-electron chi connectivity index (χ2n) is 3.90. The van der Waals surface area contributed by atoms with Crippen molar-refractivity contribution in [2.75, 3.05) is 17.3 Å². The number of benzene rings is 1. The van der Waals surface area contributed by atoms with E-state index in [4.69, 9.17) is 0 Å². The maximum atomic E-state index is 12.0. The van der Waals surface area contributed by atoms with Gasteiger partial charge < -0.3 is 10.2 Å². The summed E-state index contributed by atoms with van der Waals surface area (Å²) in [6.45, 7) is 0. The van der Waals surface area contributed by atoms with Crippen molar-refractivity contribution < 1.29 is 4.79 Å². The highest BCUT2D eigenvalue weighted by molar-refractivity contribution is 6.11. The van der Waals surface area contributed by atoms with Crippen LogP contribution in [0.25, 0.3) is 0 Å². The second-order valence-corrected chi connectivity index (χ2v) is 3.90. The van der Waals surface area contributed by atoms with Crippen LogP contribution in [0.4, 0.5) is 17.2 Å². The lowest BCUT2D eigenvalue weighted by atomic mass is 10.2. The van der Waals surface area contributed by atoms with E-state index in [1.807, 2.05) is 36.2 Å². The topological polar surface area (TPSA) is 45.2 Å². The Morgan fingerprint density at radius 1 is 1.18 bits per heavy atom. The van der Waals surface area contributed by atoms with Gasteiger partial charge in [0, 0.05) is 13.2 Å². The third-order valence-electron chi connectivity index (χ3n) is 2.86. The minimum absolute atomic E-state index is 0.120. The molecule has 0 saturated heterocycles. The molecule has 1 aromatic carbocycles. The van der Waals surface area contributed by atoms with Crippen LogP contribution in [0.1, 0.15) is 10.4 Å². The van der Waals surface area contributed by atoms with Gasteiger partial charge in [0.15, 0.2) is 0 Å². The average Bonchev–Trinajstić information content (AvgIpc) is 2.48. The lowest BCUT2D eigenvalue weighted by Gasteiger charge is -2.18. The Kier molecular flexibility index (Phi) is 2.08. The Morgan fingerprint density at radius 3 is 2.88 bits per heavy atom. The molecule has 0 aliphatic carbocycles. The lowest BCUT2D eigenvalue weighted by molar-refractivity contribution is 0.102. The molecule has 0 fully saturated rings. The third kappa shape index (κ3) is 1.45. The summed E-state index contributed by atoms with van der Waals surface area (Å²) in [5.41, 5.74) is 2.34. The molecule has 0 spiro atoms. The van der Waals surface area contributed by atoms with Crippen LogP contribution in [0.5, 0.6) is 0 Å². The molecule has 0 atom stereocenters. The zero-order chi connectivity index (χ0) is 11.8. The molecule has 0 saturated carbocycles. The number of nitrogens with zero attached hydrogens (tertiary/aromatic N) is 2. The summed E-state index contributed by atoms with van der Waals surface area (Å²) in [5, 5.41) is 2.89. The molecule has 0 bridgehead atoms. The van der Waals surface area contributed by atoms with E-state index in [9.17, 15) is 4.79 Å². The minimum Gasteiger partial charge on any atom is -0.327 e. The summed E-state index contributed by atoms with van der Waals surface area (Å²) in [7, 11) is 1.91. The van der Waals surface area contributed by atoms with E-state index in [1.54, 1.807) is 18.3 Å². The molecule has 1 N–H and O–H groups in total. The van der Waals surface area contributed by atoms with Crippen LogP contribution in [0.15, 0.2) is 42.6 Å². The molecule has 1 aliphatic heterocycles.